The van der Waals surface area contributed by atoms with Crippen molar-refractivity contribution < 1.29 is 9.59 Å². The molecule has 1 unspecified atom stereocenters. The Morgan fingerprint density at radius 1 is 1.04 bits per heavy atom. The summed E-state index contributed by atoms with van der Waals surface area (Å²) in [5.41, 5.74) is 12.1. The molecule has 0 aliphatic heterocycles. The Hall–Kier alpha value is -1.92. The van der Waals surface area contributed by atoms with Crippen molar-refractivity contribution in [2.75, 3.05) is 19.6 Å². The van der Waals surface area contributed by atoms with E-state index in [-0.39, 0.29) is 24.4 Å². The van der Waals surface area contributed by atoms with E-state index in [0.29, 0.717) is 18.7 Å². The van der Waals surface area contributed by atoms with Crippen molar-refractivity contribution in [2.45, 2.75) is 47.1 Å². The molecule has 0 aliphatic carbocycles. The van der Waals surface area contributed by atoms with Crippen molar-refractivity contribution in [3.8, 4) is 0 Å². The monoisotopic (exact) mass is 338 g/mol. The van der Waals surface area contributed by atoms with Gasteiger partial charge in [-0.3, -0.25) is 9.59 Å². The van der Waals surface area contributed by atoms with Gasteiger partial charge in [-0.25, -0.2) is 0 Å². The zero-order valence-electron chi connectivity index (χ0n) is 15.7. The number of nitrogens with two attached hydrogens (primary N) is 2. The van der Waals surface area contributed by atoms with Crippen LogP contribution >= 0.6 is 0 Å². The minimum absolute atomic E-state index is 0.0357. The Kier molecular flexibility index (Phi) is 16.2. The van der Waals surface area contributed by atoms with Crippen LogP contribution in [0.15, 0.2) is 24.3 Å². The molecule has 1 rings (SSSR count). The topological polar surface area (TPSA) is 110 Å². The average Bonchev–Trinajstić information content (AvgIpc) is 2.65. The molecule has 24 heavy (non-hydrogen) atoms. The maximum Gasteiger partial charge on any atom is 0.251 e. The first kappa shape index (κ1) is 24.3. The van der Waals surface area contributed by atoms with Crippen LogP contribution in [0.2, 0.25) is 0 Å². The van der Waals surface area contributed by atoms with Crippen LogP contribution in [0.5, 0.6) is 0 Å². The molecular weight excluding hydrogens is 304 g/mol. The fourth-order valence-electron chi connectivity index (χ4n) is 1.71. The highest BCUT2D eigenvalue weighted by Gasteiger charge is 2.09. The molecule has 6 heteroatoms. The second-order valence-corrected chi connectivity index (χ2v) is 4.51. The predicted molar refractivity (Wildman–Crippen MR) is 101 cm³/mol. The van der Waals surface area contributed by atoms with Gasteiger partial charge in [0.25, 0.3) is 5.91 Å². The predicted octanol–water partition coefficient (Wildman–Crippen LogP) is 1.95. The second kappa shape index (κ2) is 16.0. The highest BCUT2D eigenvalue weighted by molar-refractivity contribution is 5.94. The van der Waals surface area contributed by atoms with Crippen molar-refractivity contribution in [3.63, 3.8) is 0 Å². The zero-order valence-corrected chi connectivity index (χ0v) is 15.7. The van der Waals surface area contributed by atoms with Crippen molar-refractivity contribution in [1.29, 1.82) is 0 Å². The molecule has 1 aromatic carbocycles. The average molecular weight is 338 g/mol. The number of hydrogen-bond donors (Lipinski definition) is 4. The molecule has 0 spiro atoms. The maximum absolute atomic E-state index is 11.8. The van der Waals surface area contributed by atoms with E-state index in [1.807, 2.05) is 46.8 Å². The number of carbonyl (C=O) groups is 2. The minimum atomic E-state index is -0.207. The fraction of sp³-hybridized carbons (Fsp3) is 0.556. The Balaban J connectivity index is 0. The highest BCUT2D eigenvalue weighted by atomic mass is 16.2. The summed E-state index contributed by atoms with van der Waals surface area (Å²) in [5.74, 6) is -0.329. The third-order valence-electron chi connectivity index (χ3n) is 2.90. The van der Waals surface area contributed by atoms with Gasteiger partial charge in [0.1, 0.15) is 0 Å². The van der Waals surface area contributed by atoms with E-state index in [9.17, 15) is 9.59 Å². The van der Waals surface area contributed by atoms with Crippen LogP contribution in [0.25, 0.3) is 0 Å². The molecule has 6 N–H and O–H groups in total. The van der Waals surface area contributed by atoms with E-state index in [0.717, 1.165) is 12.0 Å². The van der Waals surface area contributed by atoms with Gasteiger partial charge in [-0.05, 0) is 37.6 Å². The summed E-state index contributed by atoms with van der Waals surface area (Å²) in [4.78, 5) is 23.0. The summed E-state index contributed by atoms with van der Waals surface area (Å²) in [7, 11) is 0. The van der Waals surface area contributed by atoms with Crippen LogP contribution in [0.3, 0.4) is 0 Å². The first-order chi connectivity index (χ1) is 11.6. The molecule has 0 fully saturated rings. The molecule has 138 valence electrons. The number of benzene rings is 1. The zero-order chi connectivity index (χ0) is 19.0. The van der Waals surface area contributed by atoms with Crippen LogP contribution in [0.4, 0.5) is 0 Å². The third-order valence-corrected chi connectivity index (χ3v) is 2.90. The Labute approximate surface area is 146 Å². The molecule has 6 nitrogen and oxygen atoms in total. The summed E-state index contributed by atoms with van der Waals surface area (Å²) < 4.78 is 0. The molecule has 1 atom stereocenters. The molecule has 0 heterocycles. The quantitative estimate of drug-likeness (QED) is 0.569. The van der Waals surface area contributed by atoms with E-state index >= 15 is 0 Å². The van der Waals surface area contributed by atoms with Crippen molar-refractivity contribution in [2.24, 2.45) is 11.5 Å². The van der Waals surface area contributed by atoms with E-state index in [1.54, 1.807) is 12.1 Å². The molecule has 1 aromatic rings. The number of amides is 2. The van der Waals surface area contributed by atoms with Gasteiger partial charge in [0.05, 0.1) is 12.6 Å². The van der Waals surface area contributed by atoms with Gasteiger partial charge in [0, 0.05) is 12.1 Å². The summed E-state index contributed by atoms with van der Waals surface area (Å²) >= 11 is 0. The largest absolute Gasteiger partial charge is 0.352 e. The molecule has 2 amide bonds. The van der Waals surface area contributed by atoms with Gasteiger partial charge in [-0.2, -0.15) is 0 Å². The summed E-state index contributed by atoms with van der Waals surface area (Å²) in [5, 5.41) is 5.54. The molecule has 0 aliphatic rings. The van der Waals surface area contributed by atoms with Gasteiger partial charge < -0.3 is 22.1 Å². The van der Waals surface area contributed by atoms with Gasteiger partial charge in [0.15, 0.2) is 0 Å². The van der Waals surface area contributed by atoms with Crippen LogP contribution < -0.4 is 22.1 Å². The van der Waals surface area contributed by atoms with Gasteiger partial charge in [0.2, 0.25) is 5.91 Å². The number of carbonyl (C=O) groups excluding carboxylic acids is 2. The van der Waals surface area contributed by atoms with Crippen LogP contribution in [0, 0.1) is 0 Å². The number of rotatable bonds is 7. The highest BCUT2D eigenvalue weighted by Crippen LogP contribution is 2.13. The summed E-state index contributed by atoms with van der Waals surface area (Å²) in [6.45, 7) is 11.0. The van der Waals surface area contributed by atoms with Crippen LogP contribution in [-0.2, 0) is 4.79 Å². The van der Waals surface area contributed by atoms with E-state index < -0.39 is 0 Å². The SMILES string of the molecule is CC.CC.CC(NC(=O)CN)c1ccc(C(=O)NCCCN)cc1. The molecular formula is C18H34N4O2. The fourth-order valence-corrected chi connectivity index (χ4v) is 1.71. The Morgan fingerprint density at radius 3 is 2.04 bits per heavy atom. The Bertz CT molecular complexity index is 447. The van der Waals surface area contributed by atoms with Crippen molar-refractivity contribution in [3.05, 3.63) is 35.4 Å². The molecule has 0 aromatic heterocycles. The Morgan fingerprint density at radius 2 is 1.58 bits per heavy atom. The van der Waals surface area contributed by atoms with Crippen LogP contribution in [0.1, 0.15) is 63.0 Å². The molecule has 0 saturated carbocycles. The molecule has 0 bridgehead atoms. The lowest BCUT2D eigenvalue weighted by molar-refractivity contribution is -0.120. The molecule has 0 radical (unpaired) electrons. The second-order valence-electron chi connectivity index (χ2n) is 4.51. The maximum atomic E-state index is 11.8. The van der Waals surface area contributed by atoms with Gasteiger partial charge in [-0.1, -0.05) is 39.8 Å². The smallest absolute Gasteiger partial charge is 0.251 e. The van der Waals surface area contributed by atoms with Gasteiger partial charge in [-0.15, -0.1) is 0 Å². The lowest BCUT2D eigenvalue weighted by atomic mass is 10.1. The first-order valence-electron chi connectivity index (χ1n) is 8.66. The van der Waals surface area contributed by atoms with Crippen molar-refractivity contribution in [1.82, 2.24) is 10.6 Å². The van der Waals surface area contributed by atoms with E-state index in [4.69, 9.17) is 11.5 Å². The first-order valence-corrected chi connectivity index (χ1v) is 8.66. The summed E-state index contributed by atoms with van der Waals surface area (Å²) in [6, 6.07) is 6.97. The summed E-state index contributed by atoms with van der Waals surface area (Å²) in [6.07, 6.45) is 0.756. The normalized spacial score (nSPS) is 10.3. The van der Waals surface area contributed by atoms with E-state index in [1.165, 1.54) is 0 Å². The standard InChI is InChI=1S/C14H22N4O2.2C2H6/c1-10(18-13(19)9-16)11-3-5-12(6-4-11)14(20)17-8-2-7-15;2*1-2/h3-6,10H,2,7-9,15-16H2,1H3,(H,17,20)(H,18,19);2*1-2H3. The lowest BCUT2D eigenvalue weighted by Crippen LogP contribution is -2.32. The van der Waals surface area contributed by atoms with E-state index in [2.05, 4.69) is 10.6 Å². The molecule has 0 saturated heterocycles. The third kappa shape index (κ3) is 9.97. The van der Waals surface area contributed by atoms with Gasteiger partial charge >= 0.3 is 0 Å². The van der Waals surface area contributed by atoms with Crippen LogP contribution in [-0.4, -0.2) is 31.4 Å². The number of hydrogen-bond acceptors (Lipinski definition) is 4. The van der Waals surface area contributed by atoms with Crippen molar-refractivity contribution >= 4 is 11.8 Å². The number of nitrogens with one attached hydrogen (secondary N) is 2. The lowest BCUT2D eigenvalue weighted by Gasteiger charge is -2.14. The minimum Gasteiger partial charge on any atom is -0.352 e.